The number of hydrogen-bond donors (Lipinski definition) is 2. The first-order valence-corrected chi connectivity index (χ1v) is 6.07. The van der Waals surface area contributed by atoms with Crippen LogP contribution in [0.25, 0.3) is 0 Å². The van der Waals surface area contributed by atoms with Gasteiger partial charge in [-0.3, -0.25) is 4.79 Å². The van der Waals surface area contributed by atoms with Crippen molar-refractivity contribution in [2.45, 2.75) is 38.5 Å². The highest BCUT2D eigenvalue weighted by Crippen LogP contribution is 2.31. The van der Waals surface area contributed by atoms with E-state index in [2.05, 4.69) is 5.32 Å². The molecule has 0 heterocycles. The molecule has 0 aliphatic carbocycles. The zero-order valence-corrected chi connectivity index (χ0v) is 10.8. The van der Waals surface area contributed by atoms with Crippen LogP contribution in [0.1, 0.15) is 30.9 Å². The monoisotopic (exact) mass is 293 g/mol. The van der Waals surface area contributed by atoms with E-state index in [9.17, 15) is 22.4 Å². The average Bonchev–Trinajstić information content (AvgIpc) is 2.34. The number of nitrogens with one attached hydrogen (secondary N) is 1. The molecule has 0 saturated carbocycles. The third-order valence-corrected chi connectivity index (χ3v) is 2.76. The van der Waals surface area contributed by atoms with E-state index in [4.69, 9.17) is 5.11 Å². The van der Waals surface area contributed by atoms with Crippen LogP contribution in [0.2, 0.25) is 0 Å². The van der Waals surface area contributed by atoms with Crippen LogP contribution < -0.4 is 5.32 Å². The molecule has 0 aliphatic rings. The van der Waals surface area contributed by atoms with Crippen LogP contribution >= 0.6 is 0 Å². The molecular weight excluding hydrogens is 278 g/mol. The molecule has 0 amide bonds. The Morgan fingerprint density at radius 2 is 2.05 bits per heavy atom. The first kappa shape index (κ1) is 16.4. The molecule has 0 aromatic heterocycles. The number of carboxylic acid groups (broad SMARTS) is 1. The largest absolute Gasteiger partial charge is 0.480 e. The summed E-state index contributed by atoms with van der Waals surface area (Å²) in [6.07, 6.45) is -3.78. The van der Waals surface area contributed by atoms with E-state index >= 15 is 0 Å². The lowest BCUT2D eigenvalue weighted by Crippen LogP contribution is -2.36. The van der Waals surface area contributed by atoms with Gasteiger partial charge in [0.2, 0.25) is 0 Å². The molecule has 1 aromatic carbocycles. The van der Waals surface area contributed by atoms with E-state index in [-0.39, 0.29) is 12.1 Å². The maximum atomic E-state index is 13.1. The Labute approximate surface area is 113 Å². The molecule has 1 aromatic rings. The number of carbonyl (C=O) groups is 1. The summed E-state index contributed by atoms with van der Waals surface area (Å²) in [7, 11) is 0. The molecule has 0 aliphatic heterocycles. The normalized spacial score (nSPS) is 13.2. The SMILES string of the molecule is CCCC(NCc1ccc(F)c(C(F)(F)F)c1)C(=O)O. The summed E-state index contributed by atoms with van der Waals surface area (Å²) >= 11 is 0. The van der Waals surface area contributed by atoms with Gasteiger partial charge in [-0.05, 0) is 24.1 Å². The van der Waals surface area contributed by atoms with E-state index < -0.39 is 29.6 Å². The fourth-order valence-corrected chi connectivity index (χ4v) is 1.74. The van der Waals surface area contributed by atoms with Crippen molar-refractivity contribution in [3.05, 3.63) is 35.1 Å². The predicted molar refractivity (Wildman–Crippen MR) is 64.6 cm³/mol. The Bertz CT molecular complexity index is 474. The van der Waals surface area contributed by atoms with Gasteiger partial charge in [-0.15, -0.1) is 0 Å². The van der Waals surface area contributed by atoms with Gasteiger partial charge in [0.15, 0.2) is 0 Å². The molecule has 7 heteroatoms. The van der Waals surface area contributed by atoms with Crippen molar-refractivity contribution < 1.29 is 27.5 Å². The molecule has 0 saturated heterocycles. The second-order valence-corrected chi connectivity index (χ2v) is 4.37. The number of carboxylic acids is 1. The molecule has 3 nitrogen and oxygen atoms in total. The second-order valence-electron chi connectivity index (χ2n) is 4.37. The molecule has 0 bridgehead atoms. The van der Waals surface area contributed by atoms with Gasteiger partial charge in [0.1, 0.15) is 11.9 Å². The van der Waals surface area contributed by atoms with Gasteiger partial charge in [-0.25, -0.2) is 4.39 Å². The van der Waals surface area contributed by atoms with Gasteiger partial charge in [-0.2, -0.15) is 13.2 Å². The lowest BCUT2D eigenvalue weighted by atomic mass is 10.1. The Kier molecular flexibility index (Phi) is 5.50. The Morgan fingerprint density at radius 1 is 1.40 bits per heavy atom. The maximum absolute atomic E-state index is 13.1. The Hall–Kier alpha value is -1.63. The second kappa shape index (κ2) is 6.69. The van der Waals surface area contributed by atoms with Crippen LogP contribution in [0.5, 0.6) is 0 Å². The molecule has 1 unspecified atom stereocenters. The zero-order valence-electron chi connectivity index (χ0n) is 10.8. The van der Waals surface area contributed by atoms with Crippen LogP contribution in [-0.4, -0.2) is 17.1 Å². The number of rotatable bonds is 6. The lowest BCUT2D eigenvalue weighted by Gasteiger charge is -2.15. The van der Waals surface area contributed by atoms with Crippen LogP contribution in [0, 0.1) is 5.82 Å². The number of hydrogen-bond acceptors (Lipinski definition) is 2. The van der Waals surface area contributed by atoms with Crippen molar-refractivity contribution in [3.8, 4) is 0 Å². The minimum atomic E-state index is -4.77. The quantitative estimate of drug-likeness (QED) is 0.792. The van der Waals surface area contributed by atoms with Crippen LogP contribution in [0.15, 0.2) is 18.2 Å². The van der Waals surface area contributed by atoms with Gasteiger partial charge in [0, 0.05) is 6.54 Å². The number of halogens is 4. The molecule has 0 spiro atoms. The van der Waals surface area contributed by atoms with E-state index in [0.717, 1.165) is 6.07 Å². The number of aliphatic carboxylic acids is 1. The topological polar surface area (TPSA) is 49.3 Å². The third-order valence-electron chi connectivity index (χ3n) is 2.76. The Morgan fingerprint density at radius 3 is 2.55 bits per heavy atom. The molecule has 2 N–H and O–H groups in total. The standard InChI is InChI=1S/C13H15F4NO2/c1-2-3-11(12(19)20)18-7-8-4-5-10(14)9(6-8)13(15,16)17/h4-6,11,18H,2-3,7H2,1H3,(H,19,20). The summed E-state index contributed by atoms with van der Waals surface area (Å²) < 4.78 is 50.6. The summed E-state index contributed by atoms with van der Waals surface area (Å²) in [5.41, 5.74) is -1.17. The highest BCUT2D eigenvalue weighted by Gasteiger charge is 2.34. The summed E-state index contributed by atoms with van der Waals surface area (Å²) in [5.74, 6) is -2.41. The maximum Gasteiger partial charge on any atom is 0.419 e. The first-order valence-electron chi connectivity index (χ1n) is 6.07. The molecule has 0 radical (unpaired) electrons. The molecular formula is C13H15F4NO2. The van der Waals surface area contributed by atoms with Gasteiger partial charge in [0.05, 0.1) is 5.56 Å². The minimum absolute atomic E-state index is 0.0691. The van der Waals surface area contributed by atoms with E-state index in [1.807, 2.05) is 0 Å². The zero-order chi connectivity index (χ0) is 15.3. The fraction of sp³-hybridized carbons (Fsp3) is 0.462. The summed E-state index contributed by atoms with van der Waals surface area (Å²) in [6.45, 7) is 1.73. The molecule has 112 valence electrons. The van der Waals surface area contributed by atoms with Gasteiger partial charge in [-0.1, -0.05) is 19.4 Å². The van der Waals surface area contributed by atoms with Crippen LogP contribution in [0.4, 0.5) is 17.6 Å². The van der Waals surface area contributed by atoms with Crippen LogP contribution in [0.3, 0.4) is 0 Å². The average molecular weight is 293 g/mol. The van der Waals surface area contributed by atoms with Crippen molar-refractivity contribution in [1.82, 2.24) is 5.32 Å². The summed E-state index contributed by atoms with van der Waals surface area (Å²) in [5, 5.41) is 11.6. The first-order chi connectivity index (χ1) is 9.25. The summed E-state index contributed by atoms with van der Waals surface area (Å²) in [4.78, 5) is 10.9. The summed E-state index contributed by atoms with van der Waals surface area (Å²) in [6, 6.07) is 1.78. The highest BCUT2D eigenvalue weighted by molar-refractivity contribution is 5.73. The lowest BCUT2D eigenvalue weighted by molar-refractivity contribution is -0.141. The predicted octanol–water partition coefficient (Wildman–Crippen LogP) is 3.19. The minimum Gasteiger partial charge on any atom is -0.480 e. The Balaban J connectivity index is 2.81. The molecule has 20 heavy (non-hydrogen) atoms. The third kappa shape index (κ3) is 4.48. The smallest absolute Gasteiger partial charge is 0.419 e. The van der Waals surface area contributed by atoms with Crippen molar-refractivity contribution in [2.24, 2.45) is 0 Å². The van der Waals surface area contributed by atoms with E-state index in [0.29, 0.717) is 18.9 Å². The van der Waals surface area contributed by atoms with E-state index in [1.165, 1.54) is 6.07 Å². The highest BCUT2D eigenvalue weighted by atomic mass is 19.4. The van der Waals surface area contributed by atoms with Gasteiger partial charge in [0.25, 0.3) is 0 Å². The van der Waals surface area contributed by atoms with Gasteiger partial charge >= 0.3 is 12.1 Å². The van der Waals surface area contributed by atoms with Crippen molar-refractivity contribution in [2.75, 3.05) is 0 Å². The van der Waals surface area contributed by atoms with E-state index in [1.54, 1.807) is 6.92 Å². The molecule has 1 rings (SSSR count). The van der Waals surface area contributed by atoms with Crippen molar-refractivity contribution in [3.63, 3.8) is 0 Å². The fourth-order valence-electron chi connectivity index (χ4n) is 1.74. The number of alkyl halides is 3. The molecule has 1 atom stereocenters. The van der Waals surface area contributed by atoms with Crippen molar-refractivity contribution in [1.29, 1.82) is 0 Å². The number of benzene rings is 1. The van der Waals surface area contributed by atoms with Crippen molar-refractivity contribution >= 4 is 5.97 Å². The molecule has 0 fully saturated rings. The van der Waals surface area contributed by atoms with Gasteiger partial charge < -0.3 is 10.4 Å². The van der Waals surface area contributed by atoms with Crippen LogP contribution in [-0.2, 0) is 17.5 Å².